The van der Waals surface area contributed by atoms with Crippen LogP contribution in [0, 0.1) is 17.0 Å². The molecule has 1 amide bonds. The van der Waals surface area contributed by atoms with E-state index in [1.54, 1.807) is 19.1 Å². The molecule has 0 unspecified atom stereocenters. The summed E-state index contributed by atoms with van der Waals surface area (Å²) in [6.45, 7) is 8.32. The number of nitro groups is 1. The Morgan fingerprint density at radius 1 is 1.12 bits per heavy atom. The molecule has 0 radical (unpaired) electrons. The maximum Gasteiger partial charge on any atom is 0.294 e. The van der Waals surface area contributed by atoms with E-state index in [1.165, 1.54) is 28.9 Å². The van der Waals surface area contributed by atoms with Gasteiger partial charge in [-0.25, -0.2) is 4.68 Å². The Bertz CT molecular complexity index is 1200. The van der Waals surface area contributed by atoms with E-state index in [4.69, 9.17) is 0 Å². The van der Waals surface area contributed by atoms with Crippen molar-refractivity contribution >= 4 is 17.3 Å². The molecule has 0 saturated carbocycles. The highest BCUT2D eigenvalue weighted by Gasteiger charge is 2.20. The fraction of sp³-hybridized carbons (Fsp3) is 0.261. The van der Waals surface area contributed by atoms with Crippen LogP contribution < -0.4 is 10.7 Å². The third-order valence-corrected chi connectivity index (χ3v) is 5.11. The number of hydrogen-bond acceptors (Lipinski definition) is 6. The van der Waals surface area contributed by atoms with Gasteiger partial charge in [0.25, 0.3) is 11.6 Å². The smallest absolute Gasteiger partial charge is 0.294 e. The zero-order valence-electron chi connectivity index (χ0n) is 18.2. The second-order valence-corrected chi connectivity index (χ2v) is 7.27. The molecule has 0 aliphatic carbocycles. The molecule has 1 aromatic heterocycles. The van der Waals surface area contributed by atoms with Gasteiger partial charge in [-0.05, 0) is 43.8 Å². The number of nitrogens with one attached hydrogen (secondary N) is 1. The molecule has 0 atom stereocenters. The zero-order valence-corrected chi connectivity index (χ0v) is 18.2. The molecule has 0 spiro atoms. The summed E-state index contributed by atoms with van der Waals surface area (Å²) in [5.74, 6) is -0.678. The number of nitrogens with zero attached hydrogens (tertiary/aromatic N) is 4. The quantitative estimate of drug-likeness (QED) is 0.428. The summed E-state index contributed by atoms with van der Waals surface area (Å²) in [6, 6.07) is 14.7. The molecule has 32 heavy (non-hydrogen) atoms. The SMILES string of the molecule is CCN(CC)Cc1cccc(NC(=O)c2nn(-c3ccccc3[N+](=O)[O-])c(C)cc2=O)c1. The topological polar surface area (TPSA) is 110 Å². The lowest BCUT2D eigenvalue weighted by Crippen LogP contribution is -2.27. The summed E-state index contributed by atoms with van der Waals surface area (Å²) in [5, 5.41) is 18.3. The average Bonchev–Trinajstić information content (AvgIpc) is 2.77. The number of carbonyl (C=O) groups is 1. The van der Waals surface area contributed by atoms with Gasteiger partial charge in [-0.3, -0.25) is 24.6 Å². The highest BCUT2D eigenvalue weighted by atomic mass is 16.6. The molecule has 0 aliphatic rings. The van der Waals surface area contributed by atoms with Gasteiger partial charge in [0.15, 0.2) is 5.69 Å². The third-order valence-electron chi connectivity index (χ3n) is 5.11. The Morgan fingerprint density at radius 2 is 1.84 bits per heavy atom. The molecule has 3 aromatic rings. The van der Waals surface area contributed by atoms with Crippen LogP contribution in [0.2, 0.25) is 0 Å². The van der Waals surface area contributed by atoms with Crippen LogP contribution in [0.1, 0.15) is 35.6 Å². The number of nitro benzene ring substituents is 1. The molecular formula is C23H25N5O4. The number of amides is 1. The first-order valence-electron chi connectivity index (χ1n) is 10.3. The van der Waals surface area contributed by atoms with Crippen molar-refractivity contribution in [2.75, 3.05) is 18.4 Å². The maximum atomic E-state index is 12.9. The third kappa shape index (κ3) is 5.06. The molecule has 9 heteroatoms. The Labute approximate surface area is 185 Å². The first-order valence-corrected chi connectivity index (χ1v) is 10.3. The van der Waals surface area contributed by atoms with Crippen molar-refractivity contribution in [3.8, 4) is 5.69 Å². The standard InChI is InChI=1S/C23H25N5O4/c1-4-26(5-2)15-17-9-8-10-18(14-17)24-23(30)22-21(29)13-16(3)27(25-22)19-11-6-7-12-20(19)28(31)32/h6-14H,4-5,15H2,1-3H3,(H,24,30). The van der Waals surface area contributed by atoms with E-state index >= 15 is 0 Å². The maximum absolute atomic E-state index is 12.9. The number of aromatic nitrogens is 2. The van der Waals surface area contributed by atoms with Gasteiger partial charge in [-0.15, -0.1) is 0 Å². The van der Waals surface area contributed by atoms with E-state index < -0.39 is 16.3 Å². The molecule has 2 aromatic carbocycles. The fourth-order valence-corrected chi connectivity index (χ4v) is 3.39. The minimum absolute atomic E-state index is 0.172. The van der Waals surface area contributed by atoms with Crippen molar-refractivity contribution in [1.29, 1.82) is 0 Å². The Kier molecular flexibility index (Phi) is 7.11. The van der Waals surface area contributed by atoms with Crippen LogP contribution in [-0.2, 0) is 6.54 Å². The minimum atomic E-state index is -0.678. The average molecular weight is 435 g/mol. The van der Waals surface area contributed by atoms with Gasteiger partial charge in [0.05, 0.1) is 4.92 Å². The normalized spacial score (nSPS) is 10.9. The minimum Gasteiger partial charge on any atom is -0.320 e. The van der Waals surface area contributed by atoms with Gasteiger partial charge in [0.1, 0.15) is 5.69 Å². The number of aryl methyl sites for hydroxylation is 1. The summed E-state index contributed by atoms with van der Waals surface area (Å²) in [4.78, 5) is 38.5. The Morgan fingerprint density at radius 3 is 2.53 bits per heavy atom. The second-order valence-electron chi connectivity index (χ2n) is 7.27. The predicted molar refractivity (Wildman–Crippen MR) is 122 cm³/mol. The summed E-state index contributed by atoms with van der Waals surface area (Å²) in [6.07, 6.45) is 0. The number of rotatable bonds is 8. The number of para-hydroxylation sites is 2. The van der Waals surface area contributed by atoms with Gasteiger partial charge in [0.2, 0.25) is 5.43 Å². The van der Waals surface area contributed by atoms with Crippen LogP contribution in [0.15, 0.2) is 59.4 Å². The summed E-state index contributed by atoms with van der Waals surface area (Å²) < 4.78 is 1.24. The predicted octanol–water partition coefficient (Wildman–Crippen LogP) is 3.54. The molecule has 0 bridgehead atoms. The van der Waals surface area contributed by atoms with E-state index in [1.807, 2.05) is 18.2 Å². The monoisotopic (exact) mass is 435 g/mol. The van der Waals surface area contributed by atoms with Gasteiger partial charge in [0, 0.05) is 30.1 Å². The molecule has 0 fully saturated rings. The molecular weight excluding hydrogens is 410 g/mol. The van der Waals surface area contributed by atoms with Crippen molar-refractivity contribution in [3.05, 3.63) is 91.9 Å². The summed E-state index contributed by atoms with van der Waals surface area (Å²) >= 11 is 0. The van der Waals surface area contributed by atoms with Crippen molar-refractivity contribution in [1.82, 2.24) is 14.7 Å². The van der Waals surface area contributed by atoms with Crippen LogP contribution >= 0.6 is 0 Å². The molecule has 1 heterocycles. The van der Waals surface area contributed by atoms with Crippen LogP contribution in [0.5, 0.6) is 0 Å². The number of hydrogen-bond donors (Lipinski definition) is 1. The van der Waals surface area contributed by atoms with E-state index in [0.717, 1.165) is 25.2 Å². The van der Waals surface area contributed by atoms with Gasteiger partial charge in [-0.1, -0.05) is 38.1 Å². The van der Waals surface area contributed by atoms with Gasteiger partial charge >= 0.3 is 0 Å². The van der Waals surface area contributed by atoms with Gasteiger partial charge < -0.3 is 5.32 Å². The van der Waals surface area contributed by atoms with Crippen LogP contribution in [-0.4, -0.2) is 38.6 Å². The lowest BCUT2D eigenvalue weighted by molar-refractivity contribution is -0.384. The second kappa shape index (κ2) is 9.97. The molecule has 1 N–H and O–H groups in total. The number of anilines is 1. The highest BCUT2D eigenvalue weighted by Crippen LogP contribution is 2.22. The van der Waals surface area contributed by atoms with E-state index in [2.05, 4.69) is 29.2 Å². The molecule has 0 saturated heterocycles. The van der Waals surface area contributed by atoms with Crippen LogP contribution in [0.3, 0.4) is 0 Å². The summed E-state index contributed by atoms with van der Waals surface area (Å²) in [5.41, 5.74) is 1.03. The largest absolute Gasteiger partial charge is 0.320 e. The van der Waals surface area contributed by atoms with E-state index in [9.17, 15) is 19.7 Å². The van der Waals surface area contributed by atoms with Crippen molar-refractivity contribution < 1.29 is 9.72 Å². The number of benzene rings is 2. The molecule has 0 aliphatic heterocycles. The fourth-order valence-electron chi connectivity index (χ4n) is 3.39. The molecule has 9 nitrogen and oxygen atoms in total. The molecule has 3 rings (SSSR count). The zero-order chi connectivity index (χ0) is 23.3. The van der Waals surface area contributed by atoms with Gasteiger partial charge in [-0.2, -0.15) is 5.10 Å². The Balaban J connectivity index is 1.93. The van der Waals surface area contributed by atoms with Crippen molar-refractivity contribution in [2.45, 2.75) is 27.3 Å². The van der Waals surface area contributed by atoms with E-state index in [0.29, 0.717) is 11.4 Å². The van der Waals surface area contributed by atoms with Crippen LogP contribution in [0.4, 0.5) is 11.4 Å². The van der Waals surface area contributed by atoms with Crippen LogP contribution in [0.25, 0.3) is 5.69 Å². The Hall–Kier alpha value is -3.85. The first kappa shape index (κ1) is 22.8. The molecule has 166 valence electrons. The highest BCUT2D eigenvalue weighted by molar-refractivity contribution is 6.02. The van der Waals surface area contributed by atoms with Crippen molar-refractivity contribution in [3.63, 3.8) is 0 Å². The number of carbonyl (C=O) groups excluding carboxylic acids is 1. The first-order chi connectivity index (χ1) is 15.3. The lowest BCUT2D eigenvalue weighted by Gasteiger charge is -2.18. The van der Waals surface area contributed by atoms with Crippen molar-refractivity contribution in [2.24, 2.45) is 0 Å². The lowest BCUT2D eigenvalue weighted by atomic mass is 10.2. The van der Waals surface area contributed by atoms with E-state index in [-0.39, 0.29) is 17.1 Å². The summed E-state index contributed by atoms with van der Waals surface area (Å²) in [7, 11) is 0.